The van der Waals surface area contributed by atoms with Crippen LogP contribution in [0.25, 0.3) is 0 Å². The first-order valence-corrected chi connectivity index (χ1v) is 6.38. The number of carbonyl (C=O) groups is 1. The zero-order valence-electron chi connectivity index (χ0n) is 11.0. The molecule has 2 N–H and O–H groups in total. The van der Waals surface area contributed by atoms with E-state index in [4.69, 9.17) is 4.74 Å². The van der Waals surface area contributed by atoms with Crippen molar-refractivity contribution in [3.8, 4) is 5.75 Å². The van der Waals surface area contributed by atoms with Crippen molar-refractivity contribution in [3.05, 3.63) is 29.8 Å². The molecule has 18 heavy (non-hydrogen) atoms. The van der Waals surface area contributed by atoms with Crippen molar-refractivity contribution in [1.29, 1.82) is 0 Å². The zero-order chi connectivity index (χ0) is 13.4. The topological polar surface area (TPSA) is 58.6 Å². The maximum absolute atomic E-state index is 11.2. The van der Waals surface area contributed by atoms with Gasteiger partial charge < -0.3 is 15.2 Å². The Morgan fingerprint density at radius 2 is 2.17 bits per heavy atom. The number of hydrogen-bond donors (Lipinski definition) is 2. The monoisotopic (exact) mass is 251 g/mol. The molecule has 0 heterocycles. The highest BCUT2D eigenvalue weighted by atomic mass is 16.5. The zero-order valence-corrected chi connectivity index (χ0v) is 11.0. The quantitative estimate of drug-likeness (QED) is 0.745. The molecule has 0 aliphatic rings. The third-order valence-corrected chi connectivity index (χ3v) is 2.51. The van der Waals surface area contributed by atoms with Crippen LogP contribution in [0.3, 0.4) is 0 Å². The minimum Gasteiger partial charge on any atom is -0.494 e. The van der Waals surface area contributed by atoms with Gasteiger partial charge in [-0.15, -0.1) is 0 Å². The van der Waals surface area contributed by atoms with Crippen LogP contribution >= 0.6 is 0 Å². The minimum atomic E-state index is -0.865. The Bertz CT molecular complexity index is 379. The fourth-order valence-corrected chi connectivity index (χ4v) is 1.64. The minimum absolute atomic E-state index is 0.642. The Morgan fingerprint density at radius 1 is 1.39 bits per heavy atom. The van der Waals surface area contributed by atoms with Gasteiger partial charge in [0.25, 0.3) is 0 Å². The summed E-state index contributed by atoms with van der Waals surface area (Å²) in [4.78, 5) is 11.2. The standard InChI is InChI=1S/C14H21NO3/c1-3-8-15-13(14(16)17)11-6-5-7-12(10-11)18-9-4-2/h5-7,10,13,15H,3-4,8-9H2,1-2H3,(H,16,17). The summed E-state index contributed by atoms with van der Waals surface area (Å²) < 4.78 is 5.51. The number of ether oxygens (including phenoxy) is 1. The van der Waals surface area contributed by atoms with Gasteiger partial charge in [-0.05, 0) is 37.1 Å². The van der Waals surface area contributed by atoms with Crippen LogP contribution in [-0.4, -0.2) is 24.2 Å². The molecule has 0 fully saturated rings. The number of aliphatic carboxylic acids is 1. The van der Waals surface area contributed by atoms with Crippen LogP contribution in [-0.2, 0) is 4.79 Å². The average Bonchev–Trinajstić information content (AvgIpc) is 2.37. The molecule has 1 aromatic rings. The molecule has 0 aromatic heterocycles. The first-order valence-electron chi connectivity index (χ1n) is 6.38. The van der Waals surface area contributed by atoms with Gasteiger partial charge in [-0.3, -0.25) is 4.79 Å². The van der Waals surface area contributed by atoms with E-state index in [0.29, 0.717) is 13.2 Å². The van der Waals surface area contributed by atoms with Crippen LogP contribution < -0.4 is 10.1 Å². The Hall–Kier alpha value is -1.55. The normalized spacial score (nSPS) is 12.1. The van der Waals surface area contributed by atoms with Crippen molar-refractivity contribution < 1.29 is 14.6 Å². The van der Waals surface area contributed by atoms with E-state index in [2.05, 4.69) is 5.32 Å². The molecule has 4 heteroatoms. The van der Waals surface area contributed by atoms with E-state index in [1.165, 1.54) is 0 Å². The summed E-state index contributed by atoms with van der Waals surface area (Å²) >= 11 is 0. The van der Waals surface area contributed by atoms with Crippen molar-refractivity contribution >= 4 is 5.97 Å². The Kier molecular flexibility index (Phi) is 6.22. The van der Waals surface area contributed by atoms with Gasteiger partial charge in [0.15, 0.2) is 0 Å². The van der Waals surface area contributed by atoms with E-state index >= 15 is 0 Å². The van der Waals surface area contributed by atoms with Crippen LogP contribution in [0.5, 0.6) is 5.75 Å². The lowest BCUT2D eigenvalue weighted by Gasteiger charge is -2.15. The third kappa shape index (κ3) is 4.37. The molecule has 0 spiro atoms. The van der Waals surface area contributed by atoms with Crippen LogP contribution in [0.15, 0.2) is 24.3 Å². The molecule has 0 amide bonds. The van der Waals surface area contributed by atoms with E-state index in [1.807, 2.05) is 26.0 Å². The van der Waals surface area contributed by atoms with Gasteiger partial charge in [0.1, 0.15) is 11.8 Å². The first kappa shape index (κ1) is 14.5. The first-order chi connectivity index (χ1) is 8.69. The van der Waals surface area contributed by atoms with Crippen LogP contribution in [0.4, 0.5) is 0 Å². The Balaban J connectivity index is 2.80. The van der Waals surface area contributed by atoms with Crippen molar-refractivity contribution in [2.45, 2.75) is 32.7 Å². The van der Waals surface area contributed by atoms with Crippen molar-refractivity contribution in [1.82, 2.24) is 5.32 Å². The molecule has 0 radical (unpaired) electrons. The predicted molar refractivity (Wildman–Crippen MR) is 70.9 cm³/mol. The molecule has 1 rings (SSSR count). The number of carboxylic acids is 1. The number of carboxylic acid groups (broad SMARTS) is 1. The molecule has 1 unspecified atom stereocenters. The molecule has 0 bridgehead atoms. The number of rotatable bonds is 8. The second kappa shape index (κ2) is 7.71. The predicted octanol–water partition coefficient (Wildman–Crippen LogP) is 2.60. The molecule has 100 valence electrons. The van der Waals surface area contributed by atoms with Gasteiger partial charge >= 0.3 is 5.97 Å². The van der Waals surface area contributed by atoms with Crippen LogP contribution in [0.1, 0.15) is 38.3 Å². The van der Waals surface area contributed by atoms with E-state index < -0.39 is 12.0 Å². The number of nitrogens with one attached hydrogen (secondary N) is 1. The summed E-state index contributed by atoms with van der Waals surface area (Å²) in [6.07, 6.45) is 1.83. The third-order valence-electron chi connectivity index (χ3n) is 2.51. The van der Waals surface area contributed by atoms with Gasteiger partial charge in [0.2, 0.25) is 0 Å². The highest BCUT2D eigenvalue weighted by Crippen LogP contribution is 2.20. The maximum Gasteiger partial charge on any atom is 0.325 e. The molecule has 0 aliphatic heterocycles. The van der Waals surface area contributed by atoms with E-state index in [1.54, 1.807) is 12.1 Å². The average molecular weight is 251 g/mol. The number of hydrogen-bond acceptors (Lipinski definition) is 3. The molecule has 0 saturated heterocycles. The Morgan fingerprint density at radius 3 is 2.78 bits per heavy atom. The molecule has 4 nitrogen and oxygen atoms in total. The lowest BCUT2D eigenvalue weighted by atomic mass is 10.1. The lowest BCUT2D eigenvalue weighted by molar-refractivity contribution is -0.139. The highest BCUT2D eigenvalue weighted by Gasteiger charge is 2.18. The van der Waals surface area contributed by atoms with Crippen molar-refractivity contribution in [3.63, 3.8) is 0 Å². The molecular weight excluding hydrogens is 230 g/mol. The van der Waals surface area contributed by atoms with Crippen LogP contribution in [0, 0.1) is 0 Å². The van der Waals surface area contributed by atoms with Gasteiger partial charge in [-0.1, -0.05) is 26.0 Å². The van der Waals surface area contributed by atoms with Gasteiger partial charge in [0, 0.05) is 0 Å². The smallest absolute Gasteiger partial charge is 0.325 e. The van der Waals surface area contributed by atoms with Gasteiger partial charge in [0.05, 0.1) is 6.61 Å². The second-order valence-corrected chi connectivity index (χ2v) is 4.15. The summed E-state index contributed by atoms with van der Waals surface area (Å²) in [5, 5.41) is 12.2. The fourth-order valence-electron chi connectivity index (χ4n) is 1.64. The summed E-state index contributed by atoms with van der Waals surface area (Å²) in [6, 6.07) is 6.59. The molecule has 1 aromatic carbocycles. The molecule has 1 atom stereocenters. The van der Waals surface area contributed by atoms with Crippen LogP contribution in [0.2, 0.25) is 0 Å². The molecular formula is C14H21NO3. The maximum atomic E-state index is 11.2. The van der Waals surface area contributed by atoms with Crippen molar-refractivity contribution in [2.75, 3.05) is 13.2 Å². The fraction of sp³-hybridized carbons (Fsp3) is 0.500. The summed E-state index contributed by atoms with van der Waals surface area (Å²) in [5.74, 6) is -0.144. The lowest BCUT2D eigenvalue weighted by Crippen LogP contribution is -2.29. The largest absolute Gasteiger partial charge is 0.494 e. The summed E-state index contributed by atoms with van der Waals surface area (Å²) in [5.41, 5.74) is 0.726. The van der Waals surface area contributed by atoms with E-state index in [9.17, 15) is 9.90 Å². The molecule has 0 aliphatic carbocycles. The van der Waals surface area contributed by atoms with Gasteiger partial charge in [-0.2, -0.15) is 0 Å². The number of benzene rings is 1. The second-order valence-electron chi connectivity index (χ2n) is 4.15. The summed E-state index contributed by atoms with van der Waals surface area (Å²) in [7, 11) is 0. The highest BCUT2D eigenvalue weighted by molar-refractivity contribution is 5.75. The molecule has 0 saturated carbocycles. The van der Waals surface area contributed by atoms with Crippen molar-refractivity contribution in [2.24, 2.45) is 0 Å². The summed E-state index contributed by atoms with van der Waals surface area (Å²) in [6.45, 7) is 5.36. The van der Waals surface area contributed by atoms with E-state index in [-0.39, 0.29) is 0 Å². The van der Waals surface area contributed by atoms with E-state index in [0.717, 1.165) is 24.2 Å². The Labute approximate surface area is 108 Å². The van der Waals surface area contributed by atoms with Gasteiger partial charge in [-0.25, -0.2) is 0 Å². The SMILES string of the molecule is CCCNC(C(=O)O)c1cccc(OCCC)c1.